The fourth-order valence-corrected chi connectivity index (χ4v) is 1.49. The molecule has 0 radical (unpaired) electrons. The zero-order valence-electron chi connectivity index (χ0n) is 6.56. The van der Waals surface area contributed by atoms with Crippen molar-refractivity contribution in [3.63, 3.8) is 0 Å². The summed E-state index contributed by atoms with van der Waals surface area (Å²) in [6.45, 7) is 1.90. The number of hydrogen-bond donors (Lipinski definition) is 2. The molecule has 0 saturated carbocycles. The van der Waals surface area contributed by atoms with Crippen molar-refractivity contribution in [1.82, 2.24) is 4.98 Å². The molecule has 2 rings (SSSR count). The van der Waals surface area contributed by atoms with Gasteiger partial charge in [-0.1, -0.05) is 11.6 Å². The van der Waals surface area contributed by atoms with Gasteiger partial charge in [-0.05, 0) is 25.1 Å². The highest BCUT2D eigenvalue weighted by Gasteiger charge is 2.05. The Kier molecular flexibility index (Phi) is 1.51. The third kappa shape index (κ3) is 0.959. The van der Waals surface area contributed by atoms with E-state index < -0.39 is 0 Å². The topological polar surface area (TPSA) is 36.0 Å². The molecular formula is C9H8ClNO. The highest BCUT2D eigenvalue weighted by atomic mass is 35.5. The lowest BCUT2D eigenvalue weighted by molar-refractivity contribution is 0.476. The van der Waals surface area contributed by atoms with Gasteiger partial charge in [0.25, 0.3) is 0 Å². The van der Waals surface area contributed by atoms with Crippen molar-refractivity contribution < 1.29 is 5.11 Å². The number of H-pyrrole nitrogens is 1. The molecule has 0 bridgehead atoms. The first kappa shape index (κ1) is 7.50. The van der Waals surface area contributed by atoms with Crippen LogP contribution in [0.5, 0.6) is 5.75 Å². The van der Waals surface area contributed by atoms with Crippen LogP contribution < -0.4 is 0 Å². The predicted molar refractivity (Wildman–Crippen MR) is 49.7 cm³/mol. The minimum Gasteiger partial charge on any atom is -0.508 e. The summed E-state index contributed by atoms with van der Waals surface area (Å²) in [4.78, 5) is 3.11. The summed E-state index contributed by atoms with van der Waals surface area (Å²) in [7, 11) is 0. The Morgan fingerprint density at radius 1 is 1.42 bits per heavy atom. The molecule has 12 heavy (non-hydrogen) atoms. The SMILES string of the molecule is Cc1[nH]c2ccc(O)cc2c1Cl. The molecule has 1 aromatic carbocycles. The lowest BCUT2D eigenvalue weighted by Crippen LogP contribution is -1.67. The summed E-state index contributed by atoms with van der Waals surface area (Å²) in [5.41, 5.74) is 1.88. The van der Waals surface area contributed by atoms with E-state index in [0.717, 1.165) is 16.6 Å². The van der Waals surface area contributed by atoms with E-state index in [-0.39, 0.29) is 5.75 Å². The number of nitrogens with one attached hydrogen (secondary N) is 1. The van der Waals surface area contributed by atoms with Crippen LogP contribution in [-0.4, -0.2) is 10.1 Å². The summed E-state index contributed by atoms with van der Waals surface area (Å²) in [5.74, 6) is 0.239. The van der Waals surface area contributed by atoms with Crippen LogP contribution in [-0.2, 0) is 0 Å². The van der Waals surface area contributed by atoms with Crippen LogP contribution in [0, 0.1) is 6.92 Å². The number of aryl methyl sites for hydroxylation is 1. The quantitative estimate of drug-likeness (QED) is 0.644. The molecule has 0 unspecified atom stereocenters. The predicted octanol–water partition coefficient (Wildman–Crippen LogP) is 2.84. The molecule has 0 spiro atoms. The third-order valence-electron chi connectivity index (χ3n) is 1.89. The number of fused-ring (bicyclic) bond motifs is 1. The largest absolute Gasteiger partial charge is 0.508 e. The van der Waals surface area contributed by atoms with Gasteiger partial charge < -0.3 is 10.1 Å². The van der Waals surface area contributed by atoms with Crippen molar-refractivity contribution in [2.24, 2.45) is 0 Å². The Morgan fingerprint density at radius 2 is 2.17 bits per heavy atom. The molecule has 0 amide bonds. The van der Waals surface area contributed by atoms with Gasteiger partial charge in [0.05, 0.1) is 5.02 Å². The number of halogens is 1. The van der Waals surface area contributed by atoms with E-state index in [1.807, 2.05) is 13.0 Å². The first-order valence-corrected chi connectivity index (χ1v) is 4.03. The van der Waals surface area contributed by atoms with Gasteiger partial charge in [-0.3, -0.25) is 0 Å². The van der Waals surface area contributed by atoms with E-state index in [9.17, 15) is 5.11 Å². The Bertz CT molecular complexity index is 433. The van der Waals surface area contributed by atoms with E-state index in [1.165, 1.54) is 0 Å². The molecule has 0 fully saturated rings. The van der Waals surface area contributed by atoms with Crippen LogP contribution in [0.4, 0.5) is 0 Å². The van der Waals surface area contributed by atoms with E-state index in [4.69, 9.17) is 11.6 Å². The summed E-state index contributed by atoms with van der Waals surface area (Å²) in [5, 5.41) is 10.7. The lowest BCUT2D eigenvalue weighted by atomic mass is 10.2. The Hall–Kier alpha value is -1.15. The van der Waals surface area contributed by atoms with Gasteiger partial charge in [-0.25, -0.2) is 0 Å². The Balaban J connectivity index is 2.88. The van der Waals surface area contributed by atoms with Crippen molar-refractivity contribution in [1.29, 1.82) is 0 Å². The molecule has 0 saturated heterocycles. The van der Waals surface area contributed by atoms with Gasteiger partial charge >= 0.3 is 0 Å². The maximum atomic E-state index is 9.19. The minimum atomic E-state index is 0.239. The summed E-state index contributed by atoms with van der Waals surface area (Å²) in [6, 6.07) is 5.10. The van der Waals surface area contributed by atoms with Gasteiger partial charge in [-0.2, -0.15) is 0 Å². The molecule has 0 aliphatic rings. The van der Waals surface area contributed by atoms with E-state index in [1.54, 1.807) is 12.1 Å². The molecule has 1 aromatic heterocycles. The van der Waals surface area contributed by atoms with Crippen LogP contribution >= 0.6 is 11.6 Å². The fraction of sp³-hybridized carbons (Fsp3) is 0.111. The first-order valence-electron chi connectivity index (χ1n) is 3.65. The summed E-state index contributed by atoms with van der Waals surface area (Å²) < 4.78 is 0. The molecule has 0 aliphatic carbocycles. The van der Waals surface area contributed by atoms with Gasteiger partial charge in [0.1, 0.15) is 5.75 Å². The van der Waals surface area contributed by atoms with Crippen molar-refractivity contribution in [3.8, 4) is 5.75 Å². The van der Waals surface area contributed by atoms with E-state index >= 15 is 0 Å². The summed E-state index contributed by atoms with van der Waals surface area (Å²) >= 11 is 5.97. The van der Waals surface area contributed by atoms with Crippen LogP contribution in [0.1, 0.15) is 5.69 Å². The average molecular weight is 182 g/mol. The highest BCUT2D eigenvalue weighted by molar-refractivity contribution is 6.36. The number of hydrogen-bond acceptors (Lipinski definition) is 1. The average Bonchev–Trinajstić information content (AvgIpc) is 2.31. The molecule has 2 N–H and O–H groups in total. The van der Waals surface area contributed by atoms with Crippen molar-refractivity contribution >= 4 is 22.5 Å². The van der Waals surface area contributed by atoms with E-state index in [2.05, 4.69) is 4.98 Å². The summed E-state index contributed by atoms with van der Waals surface area (Å²) in [6.07, 6.45) is 0. The Labute approximate surface area is 74.8 Å². The van der Waals surface area contributed by atoms with Crippen LogP contribution in [0.3, 0.4) is 0 Å². The molecule has 0 aliphatic heterocycles. The molecule has 1 heterocycles. The fourth-order valence-electron chi connectivity index (χ4n) is 1.28. The highest BCUT2D eigenvalue weighted by Crippen LogP contribution is 2.29. The number of aromatic hydroxyl groups is 1. The van der Waals surface area contributed by atoms with Gasteiger partial charge in [-0.15, -0.1) is 0 Å². The van der Waals surface area contributed by atoms with Crippen molar-refractivity contribution in [2.75, 3.05) is 0 Å². The first-order chi connectivity index (χ1) is 5.68. The van der Waals surface area contributed by atoms with Gasteiger partial charge in [0.2, 0.25) is 0 Å². The molecule has 3 heteroatoms. The third-order valence-corrected chi connectivity index (χ3v) is 2.38. The van der Waals surface area contributed by atoms with Crippen LogP contribution in [0.15, 0.2) is 18.2 Å². The molecule has 0 atom stereocenters. The number of aromatic nitrogens is 1. The minimum absolute atomic E-state index is 0.239. The molecule has 2 nitrogen and oxygen atoms in total. The van der Waals surface area contributed by atoms with Crippen molar-refractivity contribution in [3.05, 3.63) is 28.9 Å². The maximum absolute atomic E-state index is 9.19. The number of rotatable bonds is 0. The van der Waals surface area contributed by atoms with Crippen LogP contribution in [0.25, 0.3) is 10.9 Å². The zero-order chi connectivity index (χ0) is 8.72. The molecular weight excluding hydrogens is 174 g/mol. The lowest BCUT2D eigenvalue weighted by Gasteiger charge is -1.91. The number of benzene rings is 1. The monoisotopic (exact) mass is 181 g/mol. The molecule has 2 aromatic rings. The van der Waals surface area contributed by atoms with Gasteiger partial charge in [0.15, 0.2) is 0 Å². The molecule has 62 valence electrons. The normalized spacial score (nSPS) is 10.8. The van der Waals surface area contributed by atoms with Crippen molar-refractivity contribution in [2.45, 2.75) is 6.92 Å². The number of aromatic amines is 1. The smallest absolute Gasteiger partial charge is 0.116 e. The van der Waals surface area contributed by atoms with Crippen LogP contribution in [0.2, 0.25) is 5.02 Å². The second-order valence-corrected chi connectivity index (χ2v) is 3.17. The second-order valence-electron chi connectivity index (χ2n) is 2.79. The number of phenols is 1. The number of phenolic OH excluding ortho intramolecular Hbond substituents is 1. The van der Waals surface area contributed by atoms with Gasteiger partial charge in [0, 0.05) is 16.6 Å². The Morgan fingerprint density at radius 3 is 2.92 bits per heavy atom. The zero-order valence-corrected chi connectivity index (χ0v) is 7.31. The maximum Gasteiger partial charge on any atom is 0.116 e. The standard InChI is InChI=1S/C9H8ClNO/c1-5-9(10)7-4-6(12)2-3-8(7)11-5/h2-4,11-12H,1H3. The van der Waals surface area contributed by atoms with E-state index in [0.29, 0.717) is 5.02 Å². The second kappa shape index (κ2) is 2.42.